The molecule has 0 atom stereocenters. The molecule has 0 saturated heterocycles. The molecular weight excluding hydrogens is 144 g/mol. The van der Waals surface area contributed by atoms with Crippen molar-refractivity contribution in [2.45, 2.75) is 40.5 Å². The molecule has 0 heterocycles. The van der Waals surface area contributed by atoms with E-state index in [-0.39, 0.29) is 0 Å². The lowest BCUT2D eigenvalue weighted by Crippen LogP contribution is -1.88. The summed E-state index contributed by atoms with van der Waals surface area (Å²) < 4.78 is 0. The van der Waals surface area contributed by atoms with Crippen LogP contribution < -0.4 is 0 Å². The van der Waals surface area contributed by atoms with Crippen LogP contribution in [0, 0.1) is 0 Å². The van der Waals surface area contributed by atoms with Crippen LogP contribution in [0.3, 0.4) is 0 Å². The predicted molar refractivity (Wildman–Crippen MR) is 57.2 cm³/mol. The van der Waals surface area contributed by atoms with E-state index in [0.29, 0.717) is 0 Å². The van der Waals surface area contributed by atoms with Crippen molar-refractivity contribution in [3.8, 4) is 0 Å². The maximum atomic E-state index is 3.77. The molecule has 0 N–H and O–H groups in total. The van der Waals surface area contributed by atoms with Gasteiger partial charge in [-0.15, -0.1) is 0 Å². The van der Waals surface area contributed by atoms with E-state index in [1.54, 1.807) is 0 Å². The fraction of sp³-hybridized carbons (Fsp3) is 0.500. The first-order chi connectivity index (χ1) is 5.67. The lowest BCUT2D eigenvalue weighted by atomic mass is 9.98. The molecule has 0 aromatic carbocycles. The van der Waals surface area contributed by atoms with E-state index in [1.807, 2.05) is 6.08 Å². The summed E-state index contributed by atoms with van der Waals surface area (Å²) >= 11 is 0. The summed E-state index contributed by atoms with van der Waals surface area (Å²) in [5, 5.41) is 0. The molecule has 0 rings (SSSR count). The highest BCUT2D eigenvalue weighted by molar-refractivity contribution is 5.36. The first-order valence-electron chi connectivity index (χ1n) is 4.62. The van der Waals surface area contributed by atoms with Gasteiger partial charge in [0.05, 0.1) is 0 Å². The van der Waals surface area contributed by atoms with Crippen LogP contribution in [0.25, 0.3) is 0 Å². The Hall–Kier alpha value is -0.780. The second-order valence-electron chi connectivity index (χ2n) is 3.08. The third-order valence-electron chi connectivity index (χ3n) is 2.25. The first kappa shape index (κ1) is 11.2. The molecule has 0 aliphatic carbocycles. The third kappa shape index (κ3) is 3.08. The van der Waals surface area contributed by atoms with Gasteiger partial charge in [-0.3, -0.25) is 0 Å². The molecule has 0 aromatic heterocycles. The monoisotopic (exact) mass is 164 g/mol. The van der Waals surface area contributed by atoms with Gasteiger partial charge in [0.1, 0.15) is 0 Å². The van der Waals surface area contributed by atoms with Crippen molar-refractivity contribution in [1.82, 2.24) is 0 Å². The van der Waals surface area contributed by atoms with Gasteiger partial charge in [-0.05, 0) is 43.9 Å². The van der Waals surface area contributed by atoms with E-state index in [4.69, 9.17) is 0 Å². The zero-order chi connectivity index (χ0) is 9.56. The predicted octanol–water partition coefficient (Wildman–Crippen LogP) is 4.26. The highest BCUT2D eigenvalue weighted by Gasteiger charge is 1.99. The Morgan fingerprint density at radius 1 is 1.33 bits per heavy atom. The highest BCUT2D eigenvalue weighted by atomic mass is 14.0. The van der Waals surface area contributed by atoms with Crippen LogP contribution in [-0.4, -0.2) is 0 Å². The van der Waals surface area contributed by atoms with Crippen molar-refractivity contribution in [2.24, 2.45) is 0 Å². The summed E-state index contributed by atoms with van der Waals surface area (Å²) in [6, 6.07) is 0. The second-order valence-corrected chi connectivity index (χ2v) is 3.08. The summed E-state index contributed by atoms with van der Waals surface area (Å²) in [4.78, 5) is 0. The van der Waals surface area contributed by atoms with E-state index >= 15 is 0 Å². The SMILES string of the molecule is C=C/C(C)=C(C)\C(=C/C)CCC. The normalized spacial score (nSPS) is 14.2. The lowest BCUT2D eigenvalue weighted by molar-refractivity contribution is 0.906. The molecule has 12 heavy (non-hydrogen) atoms. The van der Waals surface area contributed by atoms with Gasteiger partial charge in [-0.2, -0.15) is 0 Å². The molecular formula is C12H20. The molecule has 0 heteroatoms. The Morgan fingerprint density at radius 2 is 1.92 bits per heavy atom. The third-order valence-corrected chi connectivity index (χ3v) is 2.25. The minimum Gasteiger partial charge on any atom is -0.0988 e. The average Bonchev–Trinajstić information content (AvgIpc) is 2.11. The largest absolute Gasteiger partial charge is 0.0988 e. The summed E-state index contributed by atoms with van der Waals surface area (Å²) in [5.74, 6) is 0. The van der Waals surface area contributed by atoms with Gasteiger partial charge in [-0.25, -0.2) is 0 Å². The number of hydrogen-bond acceptors (Lipinski definition) is 0. The Morgan fingerprint density at radius 3 is 2.25 bits per heavy atom. The number of allylic oxidation sites excluding steroid dienone is 5. The molecule has 0 bridgehead atoms. The maximum Gasteiger partial charge on any atom is -0.0282 e. The smallest absolute Gasteiger partial charge is 0.0282 e. The van der Waals surface area contributed by atoms with Crippen LogP contribution in [0.4, 0.5) is 0 Å². The maximum absolute atomic E-state index is 3.77. The molecule has 68 valence electrons. The zero-order valence-corrected chi connectivity index (χ0v) is 8.78. The molecule has 0 nitrogen and oxygen atoms in total. The van der Waals surface area contributed by atoms with Gasteiger partial charge in [-0.1, -0.05) is 32.1 Å². The van der Waals surface area contributed by atoms with Gasteiger partial charge < -0.3 is 0 Å². The molecule has 0 saturated carbocycles. The Balaban J connectivity index is 4.64. The van der Waals surface area contributed by atoms with Crippen molar-refractivity contribution in [3.05, 3.63) is 35.5 Å². The van der Waals surface area contributed by atoms with Crippen LogP contribution >= 0.6 is 0 Å². The van der Waals surface area contributed by atoms with Crippen LogP contribution in [0.2, 0.25) is 0 Å². The molecule has 0 radical (unpaired) electrons. The van der Waals surface area contributed by atoms with Gasteiger partial charge in [0.25, 0.3) is 0 Å². The molecule has 0 aliphatic rings. The van der Waals surface area contributed by atoms with Gasteiger partial charge >= 0.3 is 0 Å². The van der Waals surface area contributed by atoms with Crippen molar-refractivity contribution in [3.63, 3.8) is 0 Å². The van der Waals surface area contributed by atoms with Crippen molar-refractivity contribution < 1.29 is 0 Å². The van der Waals surface area contributed by atoms with Gasteiger partial charge in [0.2, 0.25) is 0 Å². The van der Waals surface area contributed by atoms with Gasteiger partial charge in [0.15, 0.2) is 0 Å². The molecule has 0 aliphatic heterocycles. The summed E-state index contributed by atoms with van der Waals surface area (Å²) in [7, 11) is 0. The van der Waals surface area contributed by atoms with E-state index in [9.17, 15) is 0 Å². The first-order valence-corrected chi connectivity index (χ1v) is 4.62. The average molecular weight is 164 g/mol. The van der Waals surface area contributed by atoms with E-state index in [0.717, 1.165) is 0 Å². The van der Waals surface area contributed by atoms with E-state index < -0.39 is 0 Å². The molecule has 0 spiro atoms. The minimum absolute atomic E-state index is 1.17. The van der Waals surface area contributed by atoms with Crippen LogP contribution in [0.15, 0.2) is 35.5 Å². The Bertz CT molecular complexity index is 204. The van der Waals surface area contributed by atoms with Crippen LogP contribution in [-0.2, 0) is 0 Å². The summed E-state index contributed by atoms with van der Waals surface area (Å²) in [6.07, 6.45) is 6.51. The molecule has 0 fully saturated rings. The Kier molecular flexibility index (Phi) is 5.44. The van der Waals surface area contributed by atoms with Gasteiger partial charge in [0, 0.05) is 0 Å². The summed E-state index contributed by atoms with van der Waals surface area (Å²) in [5.41, 5.74) is 4.13. The molecule has 0 unspecified atom stereocenters. The minimum atomic E-state index is 1.17. The number of rotatable bonds is 4. The zero-order valence-electron chi connectivity index (χ0n) is 8.78. The topological polar surface area (TPSA) is 0 Å². The molecule has 0 aromatic rings. The fourth-order valence-corrected chi connectivity index (χ4v) is 1.22. The van der Waals surface area contributed by atoms with Crippen molar-refractivity contribution >= 4 is 0 Å². The summed E-state index contributed by atoms with van der Waals surface area (Å²) in [6.45, 7) is 12.4. The lowest BCUT2D eigenvalue weighted by Gasteiger charge is -2.08. The highest BCUT2D eigenvalue weighted by Crippen LogP contribution is 2.19. The quantitative estimate of drug-likeness (QED) is 0.545. The standard InChI is InChI=1S/C12H20/c1-6-9-12(8-3)11(5)10(4)7-2/h7-8H,2,6,9H2,1,3-5H3/b11-10-,12-8-. The van der Waals surface area contributed by atoms with Crippen molar-refractivity contribution in [1.29, 1.82) is 0 Å². The van der Waals surface area contributed by atoms with Crippen LogP contribution in [0.1, 0.15) is 40.5 Å². The fourth-order valence-electron chi connectivity index (χ4n) is 1.22. The van der Waals surface area contributed by atoms with E-state index in [2.05, 4.69) is 40.3 Å². The van der Waals surface area contributed by atoms with Crippen molar-refractivity contribution in [2.75, 3.05) is 0 Å². The Labute approximate surface area is 76.7 Å². The van der Waals surface area contributed by atoms with E-state index in [1.165, 1.54) is 29.6 Å². The van der Waals surface area contributed by atoms with Crippen LogP contribution in [0.5, 0.6) is 0 Å². The second kappa shape index (κ2) is 5.82. The number of hydrogen-bond donors (Lipinski definition) is 0. The molecule has 0 amide bonds.